The molecule has 2 aromatic rings. The number of nitrogens with zero attached hydrogens (tertiary/aromatic N) is 2. The van der Waals surface area contributed by atoms with Gasteiger partial charge in [-0.1, -0.05) is 31.2 Å². The molecule has 11 nitrogen and oxygen atoms in total. The van der Waals surface area contributed by atoms with Gasteiger partial charge in [-0.25, -0.2) is 14.2 Å². The number of hydrogen-bond donors (Lipinski definition) is 3. The van der Waals surface area contributed by atoms with Gasteiger partial charge in [-0.2, -0.15) is 8.94 Å². The van der Waals surface area contributed by atoms with E-state index in [0.29, 0.717) is 12.2 Å². The van der Waals surface area contributed by atoms with Crippen LogP contribution >= 0.6 is 15.6 Å². The number of hydroxylamine groups is 1. The van der Waals surface area contributed by atoms with Crippen molar-refractivity contribution in [3.63, 3.8) is 0 Å². The molecule has 3 N–H and O–H groups in total. The van der Waals surface area contributed by atoms with E-state index in [4.69, 9.17) is 14.4 Å². The van der Waals surface area contributed by atoms with Gasteiger partial charge in [0.25, 0.3) is 0 Å². The Morgan fingerprint density at radius 3 is 1.94 bits per heavy atom. The fourth-order valence-corrected chi connectivity index (χ4v) is 5.48. The Hall–Kier alpha value is -2.20. The fourth-order valence-electron chi connectivity index (χ4n) is 3.89. The van der Waals surface area contributed by atoms with E-state index in [2.05, 4.69) is 4.31 Å². The van der Waals surface area contributed by atoms with E-state index < -0.39 is 21.4 Å². The summed E-state index contributed by atoms with van der Waals surface area (Å²) in [4.78, 5) is 53.9. The number of quaternary nitrogens is 1. The van der Waals surface area contributed by atoms with Gasteiger partial charge in [-0.15, -0.1) is 0 Å². The van der Waals surface area contributed by atoms with Gasteiger partial charge in [-0.05, 0) is 12.5 Å². The molecule has 1 unspecified atom stereocenters. The minimum atomic E-state index is -5.33. The third kappa shape index (κ3) is 5.32. The SMILES string of the molecule is CCC[N+](C)(C)c1cc2c(cc1N(C)OP(=O)(O)OP(=O)(O)O)C(=O)c1ccccc1C2=O. The zero-order chi connectivity index (χ0) is 24.8. The van der Waals surface area contributed by atoms with Crippen LogP contribution in [0.3, 0.4) is 0 Å². The number of phosphoric acid groups is 2. The van der Waals surface area contributed by atoms with Crippen molar-refractivity contribution in [3.8, 4) is 0 Å². The summed E-state index contributed by atoms with van der Waals surface area (Å²) in [6.45, 7) is 2.56. The van der Waals surface area contributed by atoms with E-state index in [9.17, 15) is 23.6 Å². The van der Waals surface area contributed by atoms with Crippen molar-refractivity contribution < 1.29 is 42.3 Å². The highest BCUT2D eigenvalue weighted by Gasteiger charge is 2.38. The molecule has 0 saturated heterocycles. The number of carbonyl (C=O) groups is 2. The number of carbonyl (C=O) groups excluding carboxylic acids is 2. The van der Waals surface area contributed by atoms with Crippen LogP contribution in [0.5, 0.6) is 0 Å². The lowest BCUT2D eigenvalue weighted by Crippen LogP contribution is -2.42. The first-order chi connectivity index (χ1) is 15.2. The summed E-state index contributed by atoms with van der Waals surface area (Å²) >= 11 is 0. The van der Waals surface area contributed by atoms with Gasteiger partial charge in [0, 0.05) is 35.4 Å². The predicted octanol–water partition coefficient (Wildman–Crippen LogP) is 3.02. The second-order valence-electron chi connectivity index (χ2n) is 8.12. The Morgan fingerprint density at radius 1 is 0.939 bits per heavy atom. The van der Waals surface area contributed by atoms with Crippen LogP contribution in [0, 0.1) is 0 Å². The fraction of sp³-hybridized carbons (Fsp3) is 0.300. The molecule has 0 fully saturated rings. The zero-order valence-electron chi connectivity index (χ0n) is 18.5. The zero-order valence-corrected chi connectivity index (χ0v) is 20.2. The number of ketones is 2. The van der Waals surface area contributed by atoms with Gasteiger partial charge in [0.15, 0.2) is 17.3 Å². The van der Waals surface area contributed by atoms with E-state index >= 15 is 0 Å². The number of fused-ring (bicyclic) bond motifs is 2. The van der Waals surface area contributed by atoms with Crippen molar-refractivity contribution in [2.75, 3.05) is 32.8 Å². The van der Waals surface area contributed by atoms with E-state index in [1.165, 1.54) is 13.1 Å². The molecule has 13 heteroatoms. The summed E-state index contributed by atoms with van der Waals surface area (Å²) in [7, 11) is -5.64. The summed E-state index contributed by atoms with van der Waals surface area (Å²) < 4.78 is 32.1. The molecule has 3 rings (SSSR count). The van der Waals surface area contributed by atoms with Crippen LogP contribution in [0.25, 0.3) is 0 Å². The Kier molecular flexibility index (Phi) is 6.83. The quantitative estimate of drug-likeness (QED) is 0.240. The number of anilines is 1. The van der Waals surface area contributed by atoms with Gasteiger partial charge < -0.3 is 14.7 Å². The van der Waals surface area contributed by atoms with Gasteiger partial charge in [0.2, 0.25) is 0 Å². The van der Waals surface area contributed by atoms with Crippen LogP contribution in [0.15, 0.2) is 36.4 Å². The second kappa shape index (κ2) is 8.87. The van der Waals surface area contributed by atoms with E-state index in [1.807, 2.05) is 21.0 Å². The maximum atomic E-state index is 13.2. The minimum absolute atomic E-state index is 0.0769. The van der Waals surface area contributed by atoms with Crippen molar-refractivity contribution in [1.82, 2.24) is 4.48 Å². The Labute approximate surface area is 190 Å². The highest BCUT2D eigenvalue weighted by atomic mass is 31.3. The molecule has 0 saturated carbocycles. The number of hydrogen-bond acceptors (Lipinski definition) is 7. The first-order valence-corrected chi connectivity index (χ1v) is 12.9. The number of benzene rings is 2. The lowest BCUT2D eigenvalue weighted by Gasteiger charge is -2.34. The topological polar surface area (TPSA) is 151 Å². The Morgan fingerprint density at radius 2 is 1.45 bits per heavy atom. The average Bonchev–Trinajstić information content (AvgIpc) is 2.68. The van der Waals surface area contributed by atoms with Crippen LogP contribution in [0.4, 0.5) is 11.4 Å². The molecular weight excluding hydrogens is 474 g/mol. The Bertz CT molecular complexity index is 1220. The van der Waals surface area contributed by atoms with Crippen molar-refractivity contribution >= 4 is 38.6 Å². The van der Waals surface area contributed by atoms with Crippen LogP contribution < -0.4 is 9.55 Å². The van der Waals surface area contributed by atoms with Gasteiger partial charge in [0.05, 0.1) is 20.6 Å². The first kappa shape index (κ1) is 25.4. The summed E-state index contributed by atoms with van der Waals surface area (Å²) in [5.41, 5.74) is 1.41. The molecule has 0 radical (unpaired) electrons. The maximum absolute atomic E-state index is 13.2. The molecule has 1 aliphatic rings. The van der Waals surface area contributed by atoms with Gasteiger partial charge in [-0.3, -0.25) is 14.1 Å². The van der Waals surface area contributed by atoms with Crippen molar-refractivity contribution in [1.29, 1.82) is 0 Å². The Balaban J connectivity index is 2.17. The first-order valence-electron chi connectivity index (χ1n) is 9.90. The molecule has 0 spiro atoms. The average molecular weight is 499 g/mol. The van der Waals surface area contributed by atoms with Crippen LogP contribution in [-0.4, -0.2) is 53.9 Å². The van der Waals surface area contributed by atoms with Gasteiger partial charge in [0.1, 0.15) is 5.69 Å². The van der Waals surface area contributed by atoms with E-state index in [0.717, 1.165) is 11.5 Å². The molecule has 178 valence electrons. The largest absolute Gasteiger partial charge is 0.502 e. The third-order valence-corrected chi connectivity index (χ3v) is 7.36. The van der Waals surface area contributed by atoms with Gasteiger partial charge >= 0.3 is 15.6 Å². The molecule has 0 aromatic heterocycles. The van der Waals surface area contributed by atoms with Crippen LogP contribution in [-0.2, 0) is 18.1 Å². The second-order valence-corrected chi connectivity index (χ2v) is 10.9. The highest BCUT2D eigenvalue weighted by Crippen LogP contribution is 2.58. The number of rotatable bonds is 8. The molecule has 0 heterocycles. The molecule has 33 heavy (non-hydrogen) atoms. The highest BCUT2D eigenvalue weighted by molar-refractivity contribution is 7.60. The van der Waals surface area contributed by atoms with E-state index in [-0.39, 0.29) is 38.2 Å². The minimum Gasteiger partial charge on any atom is -0.302 e. The van der Waals surface area contributed by atoms with E-state index in [1.54, 1.807) is 30.3 Å². The lowest BCUT2D eigenvalue weighted by molar-refractivity contribution is 0.0979. The monoisotopic (exact) mass is 499 g/mol. The van der Waals surface area contributed by atoms with Crippen LogP contribution in [0.1, 0.15) is 45.2 Å². The maximum Gasteiger partial charge on any atom is 0.502 e. The van der Waals surface area contributed by atoms with Crippen LogP contribution in [0.2, 0.25) is 0 Å². The molecule has 1 aliphatic carbocycles. The molecule has 1 atom stereocenters. The standard InChI is InChI=1S/C20H24N2O9P2/c1-5-10-22(3,4)18-12-16-15(19(23)13-8-6-7-9-14(13)20(16)24)11-17(18)21(2)30-33(28,29)31-32(25,26)27/h6-9,11-12H,5,10H2,1-4H3,(H2-,25,26,27,28,29)/p+1. The normalized spacial score (nSPS) is 15.6. The molecule has 0 amide bonds. The van der Waals surface area contributed by atoms with Crippen molar-refractivity contribution in [3.05, 3.63) is 58.7 Å². The summed E-state index contributed by atoms with van der Waals surface area (Å²) in [5, 5.41) is 0.806. The van der Waals surface area contributed by atoms with Crippen molar-refractivity contribution in [2.45, 2.75) is 13.3 Å². The van der Waals surface area contributed by atoms with Crippen molar-refractivity contribution in [2.24, 2.45) is 0 Å². The molecule has 2 aromatic carbocycles. The molecular formula is C20H25N2O9P2+. The summed E-state index contributed by atoms with van der Waals surface area (Å²) in [6.07, 6.45) is 0.754. The smallest absolute Gasteiger partial charge is 0.302 e. The summed E-state index contributed by atoms with van der Waals surface area (Å²) in [5.74, 6) is -0.730. The third-order valence-electron chi connectivity index (χ3n) is 5.23. The lowest BCUT2D eigenvalue weighted by atomic mass is 9.83. The molecule has 0 aliphatic heterocycles. The summed E-state index contributed by atoms with van der Waals surface area (Å²) in [6, 6.07) is 9.34. The molecule has 0 bridgehead atoms. The predicted molar refractivity (Wildman–Crippen MR) is 121 cm³/mol.